The Morgan fingerprint density at radius 2 is 1.86 bits per heavy atom. The maximum Gasteiger partial charge on any atom is 0.491 e. The van der Waals surface area contributed by atoms with Crippen LogP contribution >= 0.6 is 0 Å². The highest BCUT2D eigenvalue weighted by Gasteiger charge is 2.09. The minimum absolute atomic E-state index is 0.0370. The van der Waals surface area contributed by atoms with Crippen molar-refractivity contribution in [3.63, 3.8) is 0 Å². The van der Waals surface area contributed by atoms with Crippen LogP contribution in [0, 0.1) is 0 Å². The van der Waals surface area contributed by atoms with Gasteiger partial charge >= 0.3 is 9.46 Å². The van der Waals surface area contributed by atoms with Gasteiger partial charge in [-0.1, -0.05) is 0 Å². The van der Waals surface area contributed by atoms with E-state index in [1.165, 1.54) is 4.90 Å². The largest absolute Gasteiger partial charge is 0.491 e. The Labute approximate surface area is 43.9 Å². The zero-order valence-corrected chi connectivity index (χ0v) is 5.41. The molecule has 0 unspecified atom stereocenters. The predicted octanol–water partition coefficient (Wildman–Crippen LogP) is 0.514. The van der Waals surface area contributed by atoms with Crippen LogP contribution in [-0.4, -0.2) is 34.6 Å². The average molecular weight is 124 g/mol. The first-order chi connectivity index (χ1) is 3.13. The Kier molecular flexibility index (Phi) is 3.11. The van der Waals surface area contributed by atoms with Crippen molar-refractivity contribution in [2.75, 3.05) is 20.3 Å². The van der Waals surface area contributed by atoms with Crippen LogP contribution in [-0.2, 0) is 0 Å². The van der Waals surface area contributed by atoms with Crippen molar-refractivity contribution in [1.82, 2.24) is 4.90 Å². The molecule has 0 aliphatic heterocycles. The van der Waals surface area contributed by atoms with E-state index in [-0.39, 0.29) is 6.17 Å². The number of rotatable bonds is 2. The summed E-state index contributed by atoms with van der Waals surface area (Å²) in [6.07, 6.45) is -0.0370. The SMILES string of the molecule is CN(C)C[Si](F)F. The first-order valence-corrected chi connectivity index (χ1v) is 3.41. The number of nitrogens with zero attached hydrogens (tertiary/aromatic N) is 1. The molecule has 0 amide bonds. The normalized spacial score (nSPS) is 11.1. The summed E-state index contributed by atoms with van der Waals surface area (Å²) in [5.41, 5.74) is 0. The fourth-order valence-corrected chi connectivity index (χ4v) is 0.717. The molecule has 0 spiro atoms. The summed E-state index contributed by atoms with van der Waals surface area (Å²) in [4.78, 5) is 1.49. The Morgan fingerprint density at radius 1 is 1.43 bits per heavy atom. The minimum atomic E-state index is -3.01. The lowest BCUT2D eigenvalue weighted by atomic mass is 11.0. The molecule has 43 valence electrons. The van der Waals surface area contributed by atoms with E-state index in [0.717, 1.165) is 0 Å². The molecule has 0 fully saturated rings. The second-order valence-electron chi connectivity index (χ2n) is 1.58. The molecular weight excluding hydrogens is 116 g/mol. The molecule has 4 heteroatoms. The lowest BCUT2D eigenvalue weighted by Gasteiger charge is -2.03. The summed E-state index contributed by atoms with van der Waals surface area (Å²) in [5.74, 6) is 0. The van der Waals surface area contributed by atoms with Gasteiger partial charge in [-0.15, -0.1) is 0 Å². The molecule has 7 heavy (non-hydrogen) atoms. The third-order valence-electron chi connectivity index (χ3n) is 0.436. The van der Waals surface area contributed by atoms with E-state index in [1.807, 2.05) is 0 Å². The van der Waals surface area contributed by atoms with Crippen molar-refractivity contribution < 1.29 is 8.22 Å². The van der Waals surface area contributed by atoms with E-state index < -0.39 is 9.46 Å². The molecule has 0 saturated carbocycles. The Bertz CT molecular complexity index is 42.2. The van der Waals surface area contributed by atoms with Gasteiger partial charge in [-0.3, -0.25) is 8.22 Å². The third kappa shape index (κ3) is 6.04. The fourth-order valence-electron chi connectivity index (χ4n) is 0.239. The second kappa shape index (κ2) is 3.09. The van der Waals surface area contributed by atoms with Crippen molar-refractivity contribution in [3.05, 3.63) is 0 Å². The highest BCUT2D eigenvalue weighted by molar-refractivity contribution is 6.42. The van der Waals surface area contributed by atoms with Gasteiger partial charge in [0, 0.05) is 0 Å². The first kappa shape index (κ1) is 7.04. The van der Waals surface area contributed by atoms with Gasteiger partial charge in [0.2, 0.25) is 0 Å². The van der Waals surface area contributed by atoms with Crippen LogP contribution in [0.3, 0.4) is 0 Å². The van der Waals surface area contributed by atoms with E-state index in [1.54, 1.807) is 14.1 Å². The molecule has 0 saturated heterocycles. The van der Waals surface area contributed by atoms with Gasteiger partial charge in [0.15, 0.2) is 0 Å². The van der Waals surface area contributed by atoms with Gasteiger partial charge in [0.25, 0.3) is 0 Å². The second-order valence-corrected chi connectivity index (χ2v) is 2.57. The highest BCUT2D eigenvalue weighted by Crippen LogP contribution is 1.85. The van der Waals surface area contributed by atoms with Gasteiger partial charge in [-0.05, 0) is 14.1 Å². The quantitative estimate of drug-likeness (QED) is 0.383. The third-order valence-corrected chi connectivity index (χ3v) is 1.31. The molecule has 0 rings (SSSR count). The van der Waals surface area contributed by atoms with Gasteiger partial charge in [0.1, 0.15) is 0 Å². The zero-order chi connectivity index (χ0) is 5.86. The summed E-state index contributed by atoms with van der Waals surface area (Å²) in [5, 5.41) is 0. The lowest BCUT2D eigenvalue weighted by molar-refractivity contribution is 0.443. The Balaban J connectivity index is 2.95. The van der Waals surface area contributed by atoms with Crippen molar-refractivity contribution in [2.45, 2.75) is 0 Å². The van der Waals surface area contributed by atoms with Crippen molar-refractivity contribution in [3.8, 4) is 0 Å². The monoisotopic (exact) mass is 124 g/mol. The highest BCUT2D eigenvalue weighted by atomic mass is 28.4. The van der Waals surface area contributed by atoms with Crippen molar-refractivity contribution in [2.24, 2.45) is 0 Å². The maximum absolute atomic E-state index is 11.3. The van der Waals surface area contributed by atoms with E-state index in [0.29, 0.717) is 0 Å². The molecule has 0 N–H and O–H groups in total. The van der Waals surface area contributed by atoms with Crippen LogP contribution in [0.25, 0.3) is 0 Å². The van der Waals surface area contributed by atoms with E-state index in [4.69, 9.17) is 0 Å². The maximum atomic E-state index is 11.3. The van der Waals surface area contributed by atoms with Crippen LogP contribution in [0.2, 0.25) is 0 Å². The van der Waals surface area contributed by atoms with Crippen LogP contribution in [0.15, 0.2) is 0 Å². The molecule has 0 heterocycles. The van der Waals surface area contributed by atoms with Crippen LogP contribution in [0.1, 0.15) is 0 Å². The number of hydrogen-bond donors (Lipinski definition) is 0. The van der Waals surface area contributed by atoms with Crippen LogP contribution in [0.5, 0.6) is 0 Å². The molecule has 0 aromatic heterocycles. The number of hydrogen-bond acceptors (Lipinski definition) is 1. The zero-order valence-electron chi connectivity index (χ0n) is 4.41. The Morgan fingerprint density at radius 3 is 1.86 bits per heavy atom. The minimum Gasteiger partial charge on any atom is -0.307 e. The number of halogens is 2. The molecule has 0 aliphatic carbocycles. The smallest absolute Gasteiger partial charge is 0.307 e. The van der Waals surface area contributed by atoms with Crippen molar-refractivity contribution >= 4 is 9.46 Å². The Hall–Kier alpha value is 0.0369. The van der Waals surface area contributed by atoms with Gasteiger partial charge in [-0.2, -0.15) is 0 Å². The van der Waals surface area contributed by atoms with E-state index >= 15 is 0 Å². The topological polar surface area (TPSA) is 3.24 Å². The molecular formula is C3H8F2NSi. The molecule has 0 atom stereocenters. The van der Waals surface area contributed by atoms with Gasteiger partial charge in [0.05, 0.1) is 6.17 Å². The summed E-state index contributed by atoms with van der Waals surface area (Å²) < 4.78 is 22.7. The van der Waals surface area contributed by atoms with Gasteiger partial charge in [-0.25, -0.2) is 0 Å². The summed E-state index contributed by atoms with van der Waals surface area (Å²) >= 11 is 0. The predicted molar refractivity (Wildman–Crippen MR) is 26.5 cm³/mol. The van der Waals surface area contributed by atoms with E-state index in [9.17, 15) is 8.22 Å². The molecule has 0 aromatic rings. The van der Waals surface area contributed by atoms with Crippen LogP contribution in [0.4, 0.5) is 8.22 Å². The van der Waals surface area contributed by atoms with Crippen molar-refractivity contribution in [1.29, 1.82) is 0 Å². The molecule has 0 aromatic carbocycles. The standard InChI is InChI=1S/C3H8F2NSi/c1-6(2)3-7(4)5/h3H2,1-2H3. The molecule has 1 radical (unpaired) electrons. The fraction of sp³-hybridized carbons (Fsp3) is 1.00. The summed E-state index contributed by atoms with van der Waals surface area (Å²) in [6, 6.07) is 0. The average Bonchev–Trinajstić information content (AvgIpc) is 1.27. The summed E-state index contributed by atoms with van der Waals surface area (Å²) in [7, 11) is 0.277. The molecule has 0 aliphatic rings. The van der Waals surface area contributed by atoms with Gasteiger partial charge < -0.3 is 4.90 Å². The first-order valence-electron chi connectivity index (χ1n) is 1.94. The lowest BCUT2D eigenvalue weighted by Crippen LogP contribution is -2.22. The van der Waals surface area contributed by atoms with Crippen LogP contribution < -0.4 is 0 Å². The molecule has 0 bridgehead atoms. The molecule has 1 nitrogen and oxygen atoms in total. The van der Waals surface area contributed by atoms with E-state index in [2.05, 4.69) is 0 Å². The summed E-state index contributed by atoms with van der Waals surface area (Å²) in [6.45, 7) is 0.